The minimum absolute atomic E-state index is 0.0439. The number of carbonyl (C=O) groups excluding carboxylic acids is 2. The number of carbonyl (C=O) groups is 2. The first kappa shape index (κ1) is 39.8. The van der Waals surface area contributed by atoms with Gasteiger partial charge in [-0.3, -0.25) is 23.4 Å². The van der Waals surface area contributed by atoms with Gasteiger partial charge < -0.3 is 33.2 Å². The molecule has 1 aliphatic heterocycles. The molecule has 1 aromatic heterocycles. The number of aliphatic hydroxyl groups is 1. The summed E-state index contributed by atoms with van der Waals surface area (Å²) in [6, 6.07) is 23.4. The van der Waals surface area contributed by atoms with Crippen molar-refractivity contribution in [3.63, 3.8) is 0 Å². The number of aliphatic hydroxyl groups excluding tert-OH is 1. The van der Waals surface area contributed by atoms with Crippen LogP contribution in [0.2, 0.25) is 0 Å². The van der Waals surface area contributed by atoms with Crippen LogP contribution in [0.25, 0.3) is 0 Å². The lowest BCUT2D eigenvalue weighted by Gasteiger charge is -2.28. The lowest BCUT2D eigenvalue weighted by Crippen LogP contribution is -2.42. The first-order chi connectivity index (χ1) is 25.9. The Morgan fingerprint density at radius 3 is 2.19 bits per heavy atom. The van der Waals surface area contributed by atoms with Gasteiger partial charge >= 0.3 is 25.5 Å². The third-order valence-electron chi connectivity index (χ3n) is 8.19. The van der Waals surface area contributed by atoms with Gasteiger partial charge in [-0.25, -0.2) is 18.9 Å². The highest BCUT2D eigenvalue weighted by molar-refractivity contribution is 7.49. The lowest BCUT2D eigenvalue weighted by atomic mass is 9.97. The minimum atomic E-state index is -4.79. The van der Waals surface area contributed by atoms with Gasteiger partial charge in [-0.15, -0.1) is 0 Å². The first-order valence-electron chi connectivity index (χ1n) is 16.6. The summed E-state index contributed by atoms with van der Waals surface area (Å²) in [6.07, 6.45) is -3.37. The second-order valence-corrected chi connectivity index (χ2v) is 13.7. The minimum Gasteiger partial charge on any atom is -0.512 e. The number of rotatable bonds is 17. The molecule has 1 saturated heterocycles. The number of benzene rings is 3. The molecule has 4 aromatic rings. The molecule has 0 aliphatic carbocycles. The average Bonchev–Trinajstić information content (AvgIpc) is 3.49. The number of hydrogen-bond acceptors (Lipinski definition) is 14. The molecule has 0 radical (unpaired) electrons. The zero-order valence-corrected chi connectivity index (χ0v) is 30.4. The number of phosphoric acid groups is 1. The van der Waals surface area contributed by atoms with Crippen molar-refractivity contribution >= 4 is 27.8 Å². The Hall–Kier alpha value is -5.45. The van der Waals surface area contributed by atoms with Gasteiger partial charge in [0.2, 0.25) is 0 Å². The molecule has 16 nitrogen and oxygen atoms in total. The van der Waals surface area contributed by atoms with Crippen LogP contribution in [0.15, 0.2) is 119 Å². The maximum Gasteiger partial charge on any atom is 0.530 e. The molecule has 18 heteroatoms. The van der Waals surface area contributed by atoms with Gasteiger partial charge in [0.1, 0.15) is 43.7 Å². The monoisotopic (exact) mass is 764 g/mol. The first-order valence-corrected chi connectivity index (χ1v) is 18.0. The van der Waals surface area contributed by atoms with E-state index in [9.17, 15) is 23.7 Å². The summed E-state index contributed by atoms with van der Waals surface area (Å²) in [6.45, 7) is 2.54. The van der Waals surface area contributed by atoms with Crippen LogP contribution in [0.3, 0.4) is 0 Å². The van der Waals surface area contributed by atoms with Crippen molar-refractivity contribution in [2.45, 2.75) is 44.0 Å². The van der Waals surface area contributed by atoms with Gasteiger partial charge in [-0.05, 0) is 55.8 Å². The Morgan fingerprint density at radius 2 is 1.57 bits per heavy atom. The molecule has 2 N–H and O–H groups in total. The third kappa shape index (κ3) is 10.2. The largest absolute Gasteiger partial charge is 0.530 e. The van der Waals surface area contributed by atoms with Crippen molar-refractivity contribution in [1.29, 1.82) is 0 Å². The average molecular weight is 764 g/mol. The predicted octanol–water partition coefficient (Wildman–Crippen LogP) is 3.95. The zero-order chi connectivity index (χ0) is 38.7. The maximum absolute atomic E-state index is 14.6. The highest BCUT2D eigenvalue weighted by Gasteiger charge is 2.53. The van der Waals surface area contributed by atoms with Gasteiger partial charge in [0.25, 0.3) is 13.6 Å². The number of phosphoric ester groups is 1. The van der Waals surface area contributed by atoms with Gasteiger partial charge in [0, 0.05) is 12.3 Å². The molecule has 1 aliphatic rings. The number of H-pyrrole nitrogens is 1. The van der Waals surface area contributed by atoms with Crippen molar-refractivity contribution in [2.75, 3.05) is 19.8 Å². The number of esters is 2. The normalized spacial score (nSPS) is 19.5. The van der Waals surface area contributed by atoms with E-state index in [2.05, 4.69) is 4.98 Å². The number of nitrogens with zero attached hydrogens (tertiary/aromatic N) is 1. The van der Waals surface area contributed by atoms with Crippen LogP contribution in [-0.4, -0.2) is 72.8 Å². The molecule has 2 heterocycles. The Kier molecular flexibility index (Phi) is 13.3. The molecule has 5 rings (SSSR count). The fraction of sp³-hybridized carbons (Fsp3) is 0.278. The van der Waals surface area contributed by atoms with E-state index in [4.69, 9.17) is 42.3 Å². The molecule has 5 atom stereocenters. The SMILES string of the molecule is BOC(C)(C)c1ccc(OP(=O)(OCCO/C=C/O)OC2C(COC(=O)c3ccccc3)OC(n3ccc(=O)[nH]c3=O)C2OC(=O)c2ccccc2)cc1. The van der Waals surface area contributed by atoms with E-state index in [1.807, 2.05) is 13.8 Å². The quantitative estimate of drug-likeness (QED) is 0.0515. The Balaban J connectivity index is 1.54. The summed E-state index contributed by atoms with van der Waals surface area (Å²) in [7, 11) is -3.23. The van der Waals surface area contributed by atoms with E-state index in [1.54, 1.807) is 56.6 Å². The highest BCUT2D eigenvalue weighted by atomic mass is 31.2. The summed E-state index contributed by atoms with van der Waals surface area (Å²) in [5.41, 5.74) is -1.21. The van der Waals surface area contributed by atoms with Crippen LogP contribution in [0, 0.1) is 0 Å². The molecule has 5 unspecified atom stereocenters. The number of ether oxygens (including phenoxy) is 4. The summed E-state index contributed by atoms with van der Waals surface area (Å²) in [5.74, 6) is -1.58. The van der Waals surface area contributed by atoms with Crippen molar-refractivity contribution < 1.29 is 56.4 Å². The van der Waals surface area contributed by atoms with Crippen molar-refractivity contribution in [3.8, 4) is 5.75 Å². The van der Waals surface area contributed by atoms with Crippen LogP contribution in [0.4, 0.5) is 0 Å². The molecule has 0 spiro atoms. The van der Waals surface area contributed by atoms with Gasteiger partial charge in [-0.1, -0.05) is 48.5 Å². The topological polar surface area (TPSA) is 200 Å². The Bertz CT molecular complexity index is 2060. The van der Waals surface area contributed by atoms with E-state index in [1.165, 1.54) is 36.4 Å². The van der Waals surface area contributed by atoms with E-state index >= 15 is 0 Å². The van der Waals surface area contributed by atoms with Crippen LogP contribution in [0.1, 0.15) is 46.4 Å². The molecular formula is C36H38BN2O14P. The predicted molar refractivity (Wildman–Crippen MR) is 193 cm³/mol. The second kappa shape index (κ2) is 18.1. The van der Waals surface area contributed by atoms with Crippen molar-refractivity contribution in [1.82, 2.24) is 9.55 Å². The highest BCUT2D eigenvalue weighted by Crippen LogP contribution is 2.53. The summed E-state index contributed by atoms with van der Waals surface area (Å²) >= 11 is 0. The van der Waals surface area contributed by atoms with Crippen molar-refractivity contribution in [2.24, 2.45) is 0 Å². The molecule has 1 fully saturated rings. The lowest BCUT2D eigenvalue weighted by molar-refractivity contribution is -0.0636. The van der Waals surface area contributed by atoms with E-state index in [-0.39, 0.29) is 23.5 Å². The van der Waals surface area contributed by atoms with E-state index < -0.39 is 74.4 Å². The third-order valence-corrected chi connectivity index (χ3v) is 9.62. The van der Waals surface area contributed by atoms with Gasteiger partial charge in [-0.2, -0.15) is 0 Å². The van der Waals surface area contributed by atoms with Gasteiger partial charge in [0.05, 0.1) is 23.3 Å². The Labute approximate surface area is 310 Å². The summed E-state index contributed by atoms with van der Waals surface area (Å²) in [4.78, 5) is 53.7. The van der Waals surface area contributed by atoms with Crippen molar-refractivity contribution in [3.05, 3.63) is 147 Å². The second-order valence-electron chi connectivity index (χ2n) is 12.1. The molecule has 3 aromatic carbocycles. The number of hydrogen-bond donors (Lipinski definition) is 2. The van der Waals surface area contributed by atoms with Crippen LogP contribution >= 0.6 is 7.82 Å². The molecular weight excluding hydrogens is 726 g/mol. The van der Waals surface area contributed by atoms with E-state index in [0.717, 1.165) is 28.7 Å². The van der Waals surface area contributed by atoms with Gasteiger partial charge in [0.15, 0.2) is 12.3 Å². The molecule has 54 heavy (non-hydrogen) atoms. The number of aromatic amines is 1. The maximum atomic E-state index is 14.6. The molecule has 0 amide bonds. The molecule has 0 saturated carbocycles. The molecule has 0 bridgehead atoms. The van der Waals surface area contributed by atoms with E-state index in [0.29, 0.717) is 6.26 Å². The number of nitrogens with one attached hydrogen (secondary N) is 1. The van der Waals surface area contributed by atoms with Crippen LogP contribution < -0.4 is 15.8 Å². The van der Waals surface area contributed by atoms with Crippen LogP contribution in [-0.2, 0) is 42.8 Å². The number of aromatic nitrogens is 2. The molecule has 284 valence electrons. The standard InChI is InChI=1S/C36H38BN2O14P/c1-36(2,53-37)26-13-15-27(16-14-26)51-54(45,48-22-21-46-20-19-40)52-30-28(23-47-33(42)24-9-5-3-6-10-24)49-32(39-18-17-29(41)38-35(39)44)31(30)50-34(43)25-11-7-4-8-12-25/h3-20,28,30-32,40H,21-23,37H2,1-2H3,(H,38,41,44)/b20-19+. The fourth-order valence-corrected chi connectivity index (χ4v) is 6.62. The summed E-state index contributed by atoms with van der Waals surface area (Å²) < 4.78 is 61.5. The van der Waals surface area contributed by atoms with Crippen LogP contribution in [0.5, 0.6) is 5.75 Å². The Morgan fingerprint density at radius 1 is 0.926 bits per heavy atom. The zero-order valence-electron chi connectivity index (χ0n) is 29.5. The summed E-state index contributed by atoms with van der Waals surface area (Å²) in [5, 5.41) is 8.94. The smallest absolute Gasteiger partial charge is 0.512 e. The fourth-order valence-electron chi connectivity index (χ4n) is 5.23.